The van der Waals surface area contributed by atoms with Crippen molar-refractivity contribution in [2.45, 2.75) is 18.2 Å². The smallest absolute Gasteiger partial charge is 0.221 e. The van der Waals surface area contributed by atoms with Crippen molar-refractivity contribution in [2.75, 3.05) is 26.3 Å². The molecule has 2 fully saturated rings. The number of benzene rings is 1. The number of carbonyl (C=O) groups excluding carboxylic acids is 1. The number of aromatic nitrogens is 1. The predicted octanol–water partition coefficient (Wildman–Crippen LogP) is 2.55. The molecule has 130 valence electrons. The first-order valence-electron chi connectivity index (χ1n) is 8.55. The molecule has 1 aromatic heterocycles. The van der Waals surface area contributed by atoms with Gasteiger partial charge in [0, 0.05) is 36.8 Å². The van der Waals surface area contributed by atoms with Crippen molar-refractivity contribution in [2.24, 2.45) is 5.92 Å². The third-order valence-electron chi connectivity index (χ3n) is 5.13. The van der Waals surface area contributed by atoms with E-state index in [1.807, 2.05) is 23.9 Å². The molecule has 1 amide bonds. The summed E-state index contributed by atoms with van der Waals surface area (Å²) in [5.41, 5.74) is 2.27. The largest absolute Gasteiger partial charge is 0.378 e. The summed E-state index contributed by atoms with van der Waals surface area (Å²) in [6.07, 6.45) is 0. The zero-order chi connectivity index (χ0) is 17.0. The second kappa shape index (κ2) is 6.09. The molecule has 2 unspecified atom stereocenters. The number of nitrogens with one attached hydrogen (secondary N) is 1. The molecule has 0 saturated carbocycles. The van der Waals surface area contributed by atoms with E-state index in [4.69, 9.17) is 9.72 Å². The van der Waals surface area contributed by atoms with Crippen LogP contribution in [0.25, 0.3) is 15.8 Å². The minimum atomic E-state index is -0.00895. The quantitative estimate of drug-likeness (QED) is 0.896. The number of ether oxygens (including phenoxy) is 1. The number of fused-ring (bicyclic) bond motifs is 2. The molecule has 1 aromatic carbocycles. The van der Waals surface area contributed by atoms with Crippen LogP contribution >= 0.6 is 23.1 Å². The van der Waals surface area contributed by atoms with Crippen molar-refractivity contribution in [1.82, 2.24) is 15.2 Å². The maximum atomic E-state index is 11.7. The SMILES string of the molecule is CC(=O)NC1=C(c2nc3ccccc3s2)C2CN(C3COC3)CC2S1. The van der Waals surface area contributed by atoms with Gasteiger partial charge >= 0.3 is 0 Å². The van der Waals surface area contributed by atoms with Gasteiger partial charge in [0.25, 0.3) is 0 Å². The van der Waals surface area contributed by atoms with Crippen molar-refractivity contribution < 1.29 is 9.53 Å². The standard InChI is InChI=1S/C18H19N3O2S2/c1-10(22)19-17-16(18-20-13-4-2-3-5-14(13)24-18)12-6-21(7-15(12)25-17)11-8-23-9-11/h2-5,11-12,15H,6-9H2,1H3,(H,19,22). The van der Waals surface area contributed by atoms with E-state index in [9.17, 15) is 4.79 Å². The van der Waals surface area contributed by atoms with Crippen LogP contribution in [-0.2, 0) is 9.53 Å². The average Bonchev–Trinajstić information content (AvgIpc) is 3.16. The summed E-state index contributed by atoms with van der Waals surface area (Å²) < 4.78 is 6.56. The van der Waals surface area contributed by atoms with Gasteiger partial charge in [0.2, 0.25) is 5.91 Å². The zero-order valence-electron chi connectivity index (χ0n) is 13.9. The molecule has 5 nitrogen and oxygen atoms in total. The van der Waals surface area contributed by atoms with Crippen molar-refractivity contribution in [1.29, 1.82) is 0 Å². The lowest BCUT2D eigenvalue weighted by Crippen LogP contribution is -2.48. The van der Waals surface area contributed by atoms with Crippen LogP contribution in [0.1, 0.15) is 11.9 Å². The summed E-state index contributed by atoms with van der Waals surface area (Å²) in [7, 11) is 0. The fourth-order valence-electron chi connectivity index (χ4n) is 3.81. The van der Waals surface area contributed by atoms with E-state index in [1.54, 1.807) is 18.3 Å². The molecule has 1 N–H and O–H groups in total. The molecule has 2 atom stereocenters. The van der Waals surface area contributed by atoms with E-state index in [-0.39, 0.29) is 5.91 Å². The van der Waals surface area contributed by atoms with Gasteiger partial charge in [-0.2, -0.15) is 0 Å². The van der Waals surface area contributed by atoms with Crippen LogP contribution in [0.5, 0.6) is 0 Å². The highest BCUT2D eigenvalue weighted by molar-refractivity contribution is 8.04. The number of hydrogen-bond donors (Lipinski definition) is 1. The van der Waals surface area contributed by atoms with Crippen LogP contribution in [0, 0.1) is 5.92 Å². The third kappa shape index (κ3) is 2.70. The Kier molecular flexibility index (Phi) is 3.85. The first kappa shape index (κ1) is 15.8. The van der Waals surface area contributed by atoms with E-state index in [1.165, 1.54) is 10.3 Å². The van der Waals surface area contributed by atoms with Crippen molar-refractivity contribution >= 4 is 44.8 Å². The fraction of sp³-hybridized carbons (Fsp3) is 0.444. The highest BCUT2D eigenvalue weighted by atomic mass is 32.2. The number of hydrogen-bond acceptors (Lipinski definition) is 6. The Morgan fingerprint density at radius 1 is 1.32 bits per heavy atom. The lowest BCUT2D eigenvalue weighted by atomic mass is 9.99. The van der Waals surface area contributed by atoms with Gasteiger partial charge in [-0.15, -0.1) is 23.1 Å². The van der Waals surface area contributed by atoms with Crippen LogP contribution < -0.4 is 5.32 Å². The van der Waals surface area contributed by atoms with E-state index < -0.39 is 0 Å². The second-order valence-electron chi connectivity index (χ2n) is 6.82. The van der Waals surface area contributed by atoms with Crippen LogP contribution in [0.2, 0.25) is 0 Å². The van der Waals surface area contributed by atoms with Crippen molar-refractivity contribution in [3.8, 4) is 0 Å². The summed E-state index contributed by atoms with van der Waals surface area (Å²) in [6.45, 7) is 5.36. The molecular weight excluding hydrogens is 354 g/mol. The van der Waals surface area contributed by atoms with Gasteiger partial charge in [0.15, 0.2) is 0 Å². The zero-order valence-corrected chi connectivity index (χ0v) is 15.5. The number of rotatable bonds is 3. The average molecular weight is 374 g/mol. The number of para-hydroxylation sites is 1. The fourth-order valence-corrected chi connectivity index (χ4v) is 6.49. The number of carbonyl (C=O) groups is 1. The maximum Gasteiger partial charge on any atom is 0.221 e. The topological polar surface area (TPSA) is 54.5 Å². The Labute approximate surface area is 154 Å². The van der Waals surface area contributed by atoms with Crippen LogP contribution in [0.4, 0.5) is 0 Å². The highest BCUT2D eigenvalue weighted by Crippen LogP contribution is 2.50. The van der Waals surface area contributed by atoms with E-state index in [0.717, 1.165) is 41.9 Å². The van der Waals surface area contributed by atoms with Crippen LogP contribution in [0.3, 0.4) is 0 Å². The van der Waals surface area contributed by atoms with E-state index in [2.05, 4.69) is 22.3 Å². The molecule has 2 aromatic rings. The van der Waals surface area contributed by atoms with E-state index in [0.29, 0.717) is 17.2 Å². The predicted molar refractivity (Wildman–Crippen MR) is 101 cm³/mol. The summed E-state index contributed by atoms with van der Waals surface area (Å²) >= 11 is 3.54. The van der Waals surface area contributed by atoms with Gasteiger partial charge in [-0.1, -0.05) is 12.1 Å². The molecular formula is C18H19N3O2S2. The van der Waals surface area contributed by atoms with Gasteiger partial charge in [-0.3, -0.25) is 9.69 Å². The molecule has 3 aliphatic heterocycles. The third-order valence-corrected chi connectivity index (χ3v) is 7.54. The molecule has 25 heavy (non-hydrogen) atoms. The molecule has 2 saturated heterocycles. The summed E-state index contributed by atoms with van der Waals surface area (Å²) in [4.78, 5) is 19.1. The Balaban J connectivity index is 1.52. The lowest BCUT2D eigenvalue weighted by Gasteiger charge is -2.35. The number of likely N-dealkylation sites (tertiary alicyclic amines) is 1. The highest BCUT2D eigenvalue weighted by Gasteiger charge is 2.46. The molecule has 5 rings (SSSR count). The van der Waals surface area contributed by atoms with Gasteiger partial charge < -0.3 is 10.1 Å². The van der Waals surface area contributed by atoms with E-state index >= 15 is 0 Å². The number of nitrogens with zero attached hydrogens (tertiary/aromatic N) is 2. The summed E-state index contributed by atoms with van der Waals surface area (Å²) in [5.74, 6) is 0.415. The minimum absolute atomic E-state index is 0.00895. The molecule has 0 bridgehead atoms. The number of thiazole rings is 1. The van der Waals surface area contributed by atoms with Crippen LogP contribution in [-0.4, -0.2) is 53.4 Å². The minimum Gasteiger partial charge on any atom is -0.378 e. The lowest BCUT2D eigenvalue weighted by molar-refractivity contribution is -0.118. The molecule has 0 spiro atoms. The van der Waals surface area contributed by atoms with Gasteiger partial charge in [0.05, 0.1) is 34.5 Å². The Hall–Kier alpha value is -1.41. The van der Waals surface area contributed by atoms with Crippen molar-refractivity contribution in [3.63, 3.8) is 0 Å². The first-order chi connectivity index (χ1) is 12.2. The molecule has 0 radical (unpaired) electrons. The second-order valence-corrected chi connectivity index (χ2v) is 9.10. The summed E-state index contributed by atoms with van der Waals surface area (Å²) in [6, 6.07) is 8.80. The Bertz CT molecular complexity index is 841. The summed E-state index contributed by atoms with van der Waals surface area (Å²) in [5, 5.41) is 5.61. The normalized spacial score (nSPS) is 26.9. The first-order valence-corrected chi connectivity index (χ1v) is 10.2. The molecule has 4 heterocycles. The number of thioether (sulfide) groups is 1. The van der Waals surface area contributed by atoms with Crippen LogP contribution in [0.15, 0.2) is 29.3 Å². The number of amides is 1. The van der Waals surface area contributed by atoms with Gasteiger partial charge in [0.1, 0.15) is 5.01 Å². The Morgan fingerprint density at radius 3 is 2.88 bits per heavy atom. The Morgan fingerprint density at radius 2 is 2.16 bits per heavy atom. The monoisotopic (exact) mass is 373 g/mol. The van der Waals surface area contributed by atoms with Gasteiger partial charge in [-0.05, 0) is 12.1 Å². The molecule has 3 aliphatic rings. The van der Waals surface area contributed by atoms with Crippen molar-refractivity contribution in [3.05, 3.63) is 34.3 Å². The maximum absolute atomic E-state index is 11.7. The molecule has 0 aliphatic carbocycles. The molecule has 7 heteroatoms. The van der Waals surface area contributed by atoms with Gasteiger partial charge in [-0.25, -0.2) is 4.98 Å².